The number of esters is 3. The van der Waals surface area contributed by atoms with E-state index in [0.717, 1.165) is 96.3 Å². The van der Waals surface area contributed by atoms with Crippen LogP contribution in [0, 0.1) is 0 Å². The fourth-order valence-electron chi connectivity index (χ4n) is 8.69. The van der Waals surface area contributed by atoms with Crippen LogP contribution >= 0.6 is 0 Å². The summed E-state index contributed by atoms with van der Waals surface area (Å²) < 4.78 is 28.4. The van der Waals surface area contributed by atoms with Gasteiger partial charge in [-0.1, -0.05) is 211 Å². The average molecular weight is 1010 g/mol. The highest BCUT2D eigenvalue weighted by Crippen LogP contribution is 2.26. The third-order valence-electron chi connectivity index (χ3n) is 13.2. The standard InChI is InChI=1S/C59H104O12/c1-4-7-10-13-16-19-22-24-25-26-27-29-31-33-36-39-42-45-51(60)67-48-50(69-52(61)46-43-40-37-34-30-21-18-15-12-9-6-3)49-68-59-57(55(64)54(63)56(71-59)58(65)66)70-53(62)47-44-41-38-35-32-28-23-20-17-14-11-8-5-2/h11,14,20,23-25,50,54-57,59,63-64H,4-10,12-13,15-19,21-22,26-49H2,1-3H3,(H,65,66)/b14-11-,23-20-,25-24-. The third kappa shape index (κ3) is 38.2. The fraction of sp³-hybridized carbons (Fsp3) is 0.831. The van der Waals surface area contributed by atoms with Crippen molar-refractivity contribution in [3.63, 3.8) is 0 Å². The number of carbonyl (C=O) groups is 4. The zero-order valence-corrected chi connectivity index (χ0v) is 45.2. The van der Waals surface area contributed by atoms with Crippen molar-refractivity contribution in [2.24, 2.45) is 0 Å². The molecule has 6 atom stereocenters. The Morgan fingerprint density at radius 3 is 1.34 bits per heavy atom. The van der Waals surface area contributed by atoms with Gasteiger partial charge in [-0.15, -0.1) is 0 Å². The van der Waals surface area contributed by atoms with Crippen molar-refractivity contribution in [2.75, 3.05) is 13.2 Å². The first-order valence-electron chi connectivity index (χ1n) is 29.0. The molecule has 0 amide bonds. The van der Waals surface area contributed by atoms with Gasteiger partial charge in [-0.2, -0.15) is 0 Å². The molecule has 0 saturated carbocycles. The number of unbranched alkanes of at least 4 members (excludes halogenated alkanes) is 29. The van der Waals surface area contributed by atoms with Crippen molar-refractivity contribution >= 4 is 23.9 Å². The molecule has 0 aliphatic carbocycles. The maximum atomic E-state index is 13.1. The number of rotatable bonds is 49. The Balaban J connectivity index is 2.68. The van der Waals surface area contributed by atoms with E-state index in [1.165, 1.54) is 109 Å². The van der Waals surface area contributed by atoms with Crippen LogP contribution in [-0.4, -0.2) is 89.2 Å². The van der Waals surface area contributed by atoms with Crippen LogP contribution in [0.15, 0.2) is 36.5 Å². The van der Waals surface area contributed by atoms with Crippen molar-refractivity contribution in [1.82, 2.24) is 0 Å². The molecule has 0 bridgehead atoms. The van der Waals surface area contributed by atoms with Crippen LogP contribution in [0.25, 0.3) is 0 Å². The molecular formula is C59H104O12. The number of carboxylic acid groups (broad SMARTS) is 1. The summed E-state index contributed by atoms with van der Waals surface area (Å²) in [5, 5.41) is 31.4. The van der Waals surface area contributed by atoms with Crippen LogP contribution in [0.1, 0.15) is 265 Å². The number of allylic oxidation sites excluding steroid dienone is 6. The summed E-state index contributed by atoms with van der Waals surface area (Å²) in [5.74, 6) is -3.12. The quantitative estimate of drug-likeness (QED) is 0.0228. The van der Waals surface area contributed by atoms with Crippen LogP contribution < -0.4 is 0 Å². The van der Waals surface area contributed by atoms with E-state index in [0.29, 0.717) is 19.3 Å². The Morgan fingerprint density at radius 1 is 0.465 bits per heavy atom. The molecule has 6 unspecified atom stereocenters. The lowest BCUT2D eigenvalue weighted by Gasteiger charge is -2.40. The Hall–Kier alpha value is -3.06. The van der Waals surface area contributed by atoms with Crippen LogP contribution in [-0.2, 0) is 42.9 Å². The topological polar surface area (TPSA) is 175 Å². The van der Waals surface area contributed by atoms with Gasteiger partial charge in [0.2, 0.25) is 0 Å². The highest BCUT2D eigenvalue weighted by atomic mass is 16.7. The van der Waals surface area contributed by atoms with Gasteiger partial charge in [-0.3, -0.25) is 14.4 Å². The van der Waals surface area contributed by atoms with Crippen molar-refractivity contribution in [3.05, 3.63) is 36.5 Å². The summed E-state index contributed by atoms with van der Waals surface area (Å²) in [6.45, 7) is 5.91. The molecule has 1 aliphatic rings. The van der Waals surface area contributed by atoms with Crippen LogP contribution in [0.4, 0.5) is 0 Å². The Kier molecular flexibility index (Phi) is 44.5. The predicted octanol–water partition coefficient (Wildman–Crippen LogP) is 14.5. The Morgan fingerprint density at radius 2 is 0.873 bits per heavy atom. The van der Waals surface area contributed by atoms with Gasteiger partial charge < -0.3 is 39.0 Å². The summed E-state index contributed by atoms with van der Waals surface area (Å²) >= 11 is 0. The molecule has 0 radical (unpaired) electrons. The van der Waals surface area contributed by atoms with E-state index in [1.54, 1.807) is 0 Å². The van der Waals surface area contributed by atoms with E-state index in [1.807, 2.05) is 0 Å². The SMILES string of the molecule is CCC/C=C\C/C=C\CCCCCCCC(=O)OC1C(OCC(COC(=O)CCCCCCCCC/C=C\CCCCCCCC)OC(=O)CCCCCCCCCCCCC)OC(C(=O)O)C(O)C1O. The molecule has 1 fully saturated rings. The van der Waals surface area contributed by atoms with Crippen LogP contribution in [0.5, 0.6) is 0 Å². The Bertz CT molecular complexity index is 1380. The third-order valence-corrected chi connectivity index (χ3v) is 13.2. The zero-order chi connectivity index (χ0) is 51.8. The van der Waals surface area contributed by atoms with Gasteiger partial charge in [0, 0.05) is 19.3 Å². The maximum absolute atomic E-state index is 13.1. The second-order valence-electron chi connectivity index (χ2n) is 19.9. The van der Waals surface area contributed by atoms with E-state index >= 15 is 0 Å². The first kappa shape index (κ1) is 66.0. The average Bonchev–Trinajstić information content (AvgIpc) is 3.35. The summed E-state index contributed by atoms with van der Waals surface area (Å²) in [5.41, 5.74) is 0. The van der Waals surface area contributed by atoms with Crippen LogP contribution in [0.3, 0.4) is 0 Å². The smallest absolute Gasteiger partial charge is 0.335 e. The number of aliphatic carboxylic acids is 1. The zero-order valence-electron chi connectivity index (χ0n) is 45.2. The fourth-order valence-corrected chi connectivity index (χ4v) is 8.69. The number of aliphatic hydroxyl groups is 2. The van der Waals surface area contributed by atoms with Crippen LogP contribution in [0.2, 0.25) is 0 Å². The minimum Gasteiger partial charge on any atom is -0.479 e. The monoisotopic (exact) mass is 1000 g/mol. The summed E-state index contributed by atoms with van der Waals surface area (Å²) in [6.07, 6.45) is 42.6. The predicted molar refractivity (Wildman–Crippen MR) is 285 cm³/mol. The number of aliphatic hydroxyl groups excluding tert-OH is 2. The lowest BCUT2D eigenvalue weighted by Crippen LogP contribution is -2.61. The molecule has 0 aromatic rings. The molecular weight excluding hydrogens is 901 g/mol. The number of hydrogen-bond acceptors (Lipinski definition) is 11. The first-order chi connectivity index (χ1) is 34.6. The van der Waals surface area contributed by atoms with Crippen molar-refractivity contribution in [3.8, 4) is 0 Å². The number of hydrogen-bond donors (Lipinski definition) is 3. The molecule has 0 aromatic carbocycles. The number of ether oxygens (including phenoxy) is 5. The van der Waals surface area contributed by atoms with Gasteiger partial charge in [-0.25, -0.2) is 4.79 Å². The largest absolute Gasteiger partial charge is 0.479 e. The molecule has 1 aliphatic heterocycles. The first-order valence-corrected chi connectivity index (χ1v) is 29.0. The molecule has 412 valence electrons. The van der Waals surface area contributed by atoms with Crippen molar-refractivity contribution in [2.45, 2.75) is 302 Å². The molecule has 0 spiro atoms. The minimum atomic E-state index is -1.90. The van der Waals surface area contributed by atoms with E-state index < -0.39 is 67.3 Å². The van der Waals surface area contributed by atoms with Gasteiger partial charge >= 0.3 is 23.9 Å². The molecule has 1 heterocycles. The molecule has 1 saturated heterocycles. The maximum Gasteiger partial charge on any atom is 0.335 e. The van der Waals surface area contributed by atoms with E-state index in [9.17, 15) is 34.5 Å². The van der Waals surface area contributed by atoms with Crippen molar-refractivity contribution in [1.29, 1.82) is 0 Å². The molecule has 1 rings (SSSR count). The van der Waals surface area contributed by atoms with Gasteiger partial charge in [0.05, 0.1) is 6.61 Å². The highest BCUT2D eigenvalue weighted by Gasteiger charge is 2.50. The molecule has 12 nitrogen and oxygen atoms in total. The van der Waals surface area contributed by atoms with Gasteiger partial charge in [0.25, 0.3) is 0 Å². The normalized spacial score (nSPS) is 18.7. The van der Waals surface area contributed by atoms with Gasteiger partial charge in [-0.05, 0) is 70.6 Å². The molecule has 0 aromatic heterocycles. The lowest BCUT2D eigenvalue weighted by atomic mass is 9.98. The summed E-state index contributed by atoms with van der Waals surface area (Å²) in [4.78, 5) is 51.0. The second-order valence-corrected chi connectivity index (χ2v) is 19.9. The second kappa shape index (κ2) is 47.9. The molecule has 71 heavy (non-hydrogen) atoms. The summed E-state index contributed by atoms with van der Waals surface area (Å²) in [6, 6.07) is 0. The van der Waals surface area contributed by atoms with Gasteiger partial charge in [0.1, 0.15) is 18.8 Å². The number of carboxylic acids is 1. The molecule has 3 N–H and O–H groups in total. The van der Waals surface area contributed by atoms with E-state index in [4.69, 9.17) is 23.7 Å². The van der Waals surface area contributed by atoms with E-state index in [-0.39, 0.29) is 25.9 Å². The Labute approximate surface area is 431 Å². The van der Waals surface area contributed by atoms with E-state index in [2.05, 4.69) is 57.2 Å². The summed E-state index contributed by atoms with van der Waals surface area (Å²) in [7, 11) is 0. The number of carbonyl (C=O) groups excluding carboxylic acids is 3. The minimum absolute atomic E-state index is 0.0465. The highest BCUT2D eigenvalue weighted by molar-refractivity contribution is 5.74. The molecule has 12 heteroatoms. The lowest BCUT2D eigenvalue weighted by molar-refractivity contribution is -0.301. The van der Waals surface area contributed by atoms with Gasteiger partial charge in [0.15, 0.2) is 24.6 Å². The van der Waals surface area contributed by atoms with Crippen molar-refractivity contribution < 1.29 is 58.2 Å².